The highest BCUT2D eigenvalue weighted by Crippen LogP contribution is 2.21. The molecule has 2 aromatic rings. The molecule has 0 saturated carbocycles. The summed E-state index contributed by atoms with van der Waals surface area (Å²) in [7, 11) is 1.54. The van der Waals surface area contributed by atoms with E-state index in [0.29, 0.717) is 11.4 Å². The van der Waals surface area contributed by atoms with Gasteiger partial charge in [0.05, 0.1) is 12.7 Å². The van der Waals surface area contributed by atoms with Crippen LogP contribution in [0.1, 0.15) is 15.9 Å². The van der Waals surface area contributed by atoms with Gasteiger partial charge in [0.15, 0.2) is 0 Å². The molecular formula is C15H15FN2O2. The number of ether oxygens (including phenoxy) is 1. The maximum absolute atomic E-state index is 13.5. The van der Waals surface area contributed by atoms with Crippen LogP contribution in [0.2, 0.25) is 0 Å². The molecule has 0 aliphatic rings. The second-order valence-electron chi connectivity index (χ2n) is 4.23. The standard InChI is InChI=1S/C15H15FN2O2/c1-20-14-7-6-11(17)8-10(14)9-18-15(19)12-4-2-3-5-13(12)16/h2-8H,9,17H2,1H3,(H,18,19). The summed E-state index contributed by atoms with van der Waals surface area (Å²) in [5, 5.41) is 2.64. The van der Waals surface area contributed by atoms with E-state index in [1.807, 2.05) is 0 Å². The number of anilines is 1. The molecule has 3 N–H and O–H groups in total. The molecule has 104 valence electrons. The van der Waals surface area contributed by atoms with Crippen LogP contribution in [-0.2, 0) is 6.54 Å². The van der Waals surface area contributed by atoms with Crippen molar-refractivity contribution in [2.45, 2.75) is 6.54 Å². The van der Waals surface area contributed by atoms with Gasteiger partial charge in [-0.2, -0.15) is 0 Å². The van der Waals surface area contributed by atoms with E-state index in [9.17, 15) is 9.18 Å². The predicted molar refractivity (Wildman–Crippen MR) is 75.0 cm³/mol. The van der Waals surface area contributed by atoms with Gasteiger partial charge in [-0.25, -0.2) is 4.39 Å². The maximum Gasteiger partial charge on any atom is 0.254 e. The quantitative estimate of drug-likeness (QED) is 0.841. The number of amides is 1. The number of nitrogens with one attached hydrogen (secondary N) is 1. The number of methoxy groups -OCH3 is 1. The Balaban J connectivity index is 2.11. The Labute approximate surface area is 116 Å². The summed E-state index contributed by atoms with van der Waals surface area (Å²) in [5.74, 6) is -0.412. The SMILES string of the molecule is COc1ccc(N)cc1CNC(=O)c1ccccc1F. The minimum atomic E-state index is -0.551. The second kappa shape index (κ2) is 6.06. The molecule has 20 heavy (non-hydrogen) atoms. The van der Waals surface area contributed by atoms with E-state index in [4.69, 9.17) is 10.5 Å². The lowest BCUT2D eigenvalue weighted by molar-refractivity contribution is 0.0946. The molecular weight excluding hydrogens is 259 g/mol. The first-order valence-corrected chi connectivity index (χ1v) is 6.07. The number of carbonyl (C=O) groups excluding carboxylic acids is 1. The number of hydrogen-bond acceptors (Lipinski definition) is 3. The summed E-state index contributed by atoms with van der Waals surface area (Å²) in [4.78, 5) is 11.9. The number of carbonyl (C=O) groups is 1. The first-order chi connectivity index (χ1) is 9.61. The van der Waals surface area contributed by atoms with Gasteiger partial charge in [0.25, 0.3) is 5.91 Å². The first-order valence-electron chi connectivity index (χ1n) is 6.07. The minimum absolute atomic E-state index is 0.00960. The molecule has 5 heteroatoms. The van der Waals surface area contributed by atoms with E-state index >= 15 is 0 Å². The smallest absolute Gasteiger partial charge is 0.254 e. The molecule has 2 aromatic carbocycles. The molecule has 0 saturated heterocycles. The van der Waals surface area contributed by atoms with E-state index in [0.717, 1.165) is 5.56 Å². The summed E-state index contributed by atoms with van der Waals surface area (Å²) >= 11 is 0. The van der Waals surface area contributed by atoms with Gasteiger partial charge < -0.3 is 15.8 Å². The summed E-state index contributed by atoms with van der Waals surface area (Å²) in [5.41, 5.74) is 7.01. The zero-order valence-corrected chi connectivity index (χ0v) is 11.0. The highest BCUT2D eigenvalue weighted by molar-refractivity contribution is 5.94. The van der Waals surface area contributed by atoms with E-state index in [1.54, 1.807) is 24.3 Å². The van der Waals surface area contributed by atoms with Gasteiger partial charge in [0, 0.05) is 17.8 Å². The average molecular weight is 274 g/mol. The first kappa shape index (κ1) is 13.9. The second-order valence-corrected chi connectivity index (χ2v) is 4.23. The van der Waals surface area contributed by atoms with Crippen LogP contribution in [0, 0.1) is 5.82 Å². The van der Waals surface area contributed by atoms with Crippen molar-refractivity contribution in [1.82, 2.24) is 5.32 Å². The highest BCUT2D eigenvalue weighted by atomic mass is 19.1. The summed E-state index contributed by atoms with van der Waals surface area (Å²) in [6, 6.07) is 11.0. The molecule has 0 aromatic heterocycles. The van der Waals surface area contributed by atoms with E-state index in [1.165, 1.54) is 25.3 Å². The van der Waals surface area contributed by atoms with Crippen LogP contribution in [0.5, 0.6) is 5.75 Å². The number of nitrogen functional groups attached to an aromatic ring is 1. The van der Waals surface area contributed by atoms with Crippen molar-refractivity contribution < 1.29 is 13.9 Å². The van der Waals surface area contributed by atoms with E-state index in [-0.39, 0.29) is 12.1 Å². The Morgan fingerprint density at radius 1 is 1.30 bits per heavy atom. The van der Waals surface area contributed by atoms with Crippen molar-refractivity contribution in [3.8, 4) is 5.75 Å². The van der Waals surface area contributed by atoms with E-state index in [2.05, 4.69) is 5.32 Å². The number of hydrogen-bond donors (Lipinski definition) is 2. The zero-order valence-electron chi connectivity index (χ0n) is 11.0. The minimum Gasteiger partial charge on any atom is -0.496 e. The van der Waals surface area contributed by atoms with Crippen molar-refractivity contribution >= 4 is 11.6 Å². The third-order valence-corrected chi connectivity index (χ3v) is 2.86. The van der Waals surface area contributed by atoms with Gasteiger partial charge in [-0.3, -0.25) is 4.79 Å². The molecule has 0 atom stereocenters. The molecule has 0 spiro atoms. The van der Waals surface area contributed by atoms with Crippen LogP contribution in [0.25, 0.3) is 0 Å². The number of halogens is 1. The Hall–Kier alpha value is -2.56. The number of benzene rings is 2. The van der Waals surface area contributed by atoms with Crippen LogP contribution >= 0.6 is 0 Å². The van der Waals surface area contributed by atoms with Crippen LogP contribution in [0.4, 0.5) is 10.1 Å². The monoisotopic (exact) mass is 274 g/mol. The largest absolute Gasteiger partial charge is 0.496 e. The summed E-state index contributed by atoms with van der Waals surface area (Å²) < 4.78 is 18.7. The Morgan fingerprint density at radius 2 is 2.05 bits per heavy atom. The fourth-order valence-corrected chi connectivity index (χ4v) is 1.85. The van der Waals surface area contributed by atoms with Gasteiger partial charge in [0.2, 0.25) is 0 Å². The molecule has 2 rings (SSSR count). The lowest BCUT2D eigenvalue weighted by atomic mass is 10.1. The Kier molecular flexibility index (Phi) is 4.20. The van der Waals surface area contributed by atoms with Crippen molar-refractivity contribution in [2.24, 2.45) is 0 Å². The third kappa shape index (κ3) is 3.06. The molecule has 1 amide bonds. The van der Waals surface area contributed by atoms with Gasteiger partial charge >= 0.3 is 0 Å². The topological polar surface area (TPSA) is 64.3 Å². The Bertz CT molecular complexity index is 629. The molecule has 0 bridgehead atoms. The summed E-state index contributed by atoms with van der Waals surface area (Å²) in [6.45, 7) is 0.210. The average Bonchev–Trinajstić information content (AvgIpc) is 2.45. The van der Waals surface area contributed by atoms with Gasteiger partial charge in [-0.1, -0.05) is 12.1 Å². The molecule has 0 aliphatic heterocycles. The lowest BCUT2D eigenvalue weighted by Gasteiger charge is -2.11. The molecule has 0 fully saturated rings. The van der Waals surface area contributed by atoms with Crippen LogP contribution in [-0.4, -0.2) is 13.0 Å². The van der Waals surface area contributed by atoms with Crippen molar-refractivity contribution in [2.75, 3.05) is 12.8 Å². The van der Waals surface area contributed by atoms with Gasteiger partial charge in [-0.05, 0) is 30.3 Å². The van der Waals surface area contributed by atoms with Crippen LogP contribution in [0.15, 0.2) is 42.5 Å². The highest BCUT2D eigenvalue weighted by Gasteiger charge is 2.11. The lowest BCUT2D eigenvalue weighted by Crippen LogP contribution is -2.24. The molecule has 0 heterocycles. The fourth-order valence-electron chi connectivity index (χ4n) is 1.85. The van der Waals surface area contributed by atoms with Crippen LogP contribution in [0.3, 0.4) is 0 Å². The predicted octanol–water partition coefficient (Wildman–Crippen LogP) is 2.35. The maximum atomic E-state index is 13.5. The third-order valence-electron chi connectivity index (χ3n) is 2.86. The normalized spacial score (nSPS) is 10.1. The van der Waals surface area contributed by atoms with Gasteiger partial charge in [-0.15, -0.1) is 0 Å². The molecule has 0 aliphatic carbocycles. The molecule has 4 nitrogen and oxygen atoms in total. The van der Waals surface area contributed by atoms with Crippen molar-refractivity contribution in [3.63, 3.8) is 0 Å². The van der Waals surface area contributed by atoms with Crippen molar-refractivity contribution in [1.29, 1.82) is 0 Å². The molecule has 0 radical (unpaired) electrons. The summed E-state index contributed by atoms with van der Waals surface area (Å²) in [6.07, 6.45) is 0. The van der Waals surface area contributed by atoms with Crippen molar-refractivity contribution in [3.05, 3.63) is 59.4 Å². The fraction of sp³-hybridized carbons (Fsp3) is 0.133. The van der Waals surface area contributed by atoms with E-state index < -0.39 is 11.7 Å². The zero-order chi connectivity index (χ0) is 14.5. The van der Waals surface area contributed by atoms with Gasteiger partial charge in [0.1, 0.15) is 11.6 Å². The number of nitrogens with two attached hydrogens (primary N) is 1. The number of rotatable bonds is 4. The Morgan fingerprint density at radius 3 is 2.75 bits per heavy atom. The molecule has 0 unspecified atom stereocenters. The van der Waals surface area contributed by atoms with Crippen LogP contribution < -0.4 is 15.8 Å².